The van der Waals surface area contributed by atoms with Gasteiger partial charge in [-0.3, -0.25) is 4.79 Å². The maximum atomic E-state index is 13.3. The first-order chi connectivity index (χ1) is 14.1. The third kappa shape index (κ3) is 3.64. The van der Waals surface area contributed by atoms with Gasteiger partial charge < -0.3 is 9.32 Å². The Kier molecular flexibility index (Phi) is 4.78. The fourth-order valence-electron chi connectivity index (χ4n) is 3.21. The van der Waals surface area contributed by atoms with E-state index in [-0.39, 0.29) is 18.5 Å². The van der Waals surface area contributed by atoms with Crippen molar-refractivity contribution in [2.24, 2.45) is 0 Å². The van der Waals surface area contributed by atoms with Crippen molar-refractivity contribution in [2.75, 3.05) is 0 Å². The van der Waals surface area contributed by atoms with Crippen molar-refractivity contribution in [1.29, 1.82) is 0 Å². The fraction of sp³-hybridized carbons (Fsp3) is 0.190. The number of halogens is 2. The molecule has 29 heavy (non-hydrogen) atoms. The average Bonchev–Trinajstić information content (AvgIpc) is 3.38. The largest absolute Gasteiger partial charge is 0.419 e. The summed E-state index contributed by atoms with van der Waals surface area (Å²) in [7, 11) is 0. The second-order valence-corrected chi connectivity index (χ2v) is 8.78. The summed E-state index contributed by atoms with van der Waals surface area (Å²) in [6.07, 6.45) is 1.93. The van der Waals surface area contributed by atoms with Gasteiger partial charge in [-0.25, -0.2) is 0 Å². The number of nitrogens with zero attached hydrogens (tertiary/aromatic N) is 3. The van der Waals surface area contributed by atoms with Crippen molar-refractivity contribution < 1.29 is 9.21 Å². The van der Waals surface area contributed by atoms with E-state index in [1.54, 1.807) is 17.0 Å². The minimum absolute atomic E-state index is 0.0926. The summed E-state index contributed by atoms with van der Waals surface area (Å²) in [6.45, 7) is 0.259. The molecule has 0 unspecified atom stereocenters. The molecule has 0 atom stereocenters. The Morgan fingerprint density at radius 3 is 2.59 bits per heavy atom. The van der Waals surface area contributed by atoms with Crippen molar-refractivity contribution in [2.45, 2.75) is 25.4 Å². The lowest BCUT2D eigenvalue weighted by Crippen LogP contribution is -2.32. The summed E-state index contributed by atoms with van der Waals surface area (Å²) in [5.41, 5.74) is 0.782. The highest BCUT2D eigenvalue weighted by Gasteiger charge is 2.36. The van der Waals surface area contributed by atoms with E-state index in [1.165, 1.54) is 11.3 Å². The van der Waals surface area contributed by atoms with Crippen LogP contribution in [-0.2, 0) is 6.54 Å². The monoisotopic (exact) mass is 443 g/mol. The quantitative estimate of drug-likeness (QED) is 0.375. The number of amides is 1. The molecule has 5 rings (SSSR count). The predicted octanol–water partition coefficient (Wildman–Crippen LogP) is 6.06. The zero-order chi connectivity index (χ0) is 20.0. The Morgan fingerprint density at radius 1 is 1.10 bits per heavy atom. The van der Waals surface area contributed by atoms with E-state index in [0.717, 1.165) is 28.5 Å². The second kappa shape index (κ2) is 7.44. The number of hydrogen-bond donors (Lipinski definition) is 0. The lowest BCUT2D eigenvalue weighted by atomic mass is 10.2. The van der Waals surface area contributed by atoms with Gasteiger partial charge >= 0.3 is 0 Å². The van der Waals surface area contributed by atoms with Gasteiger partial charge in [0.25, 0.3) is 5.91 Å². The van der Waals surface area contributed by atoms with Gasteiger partial charge in [0.05, 0.1) is 11.6 Å². The molecule has 1 fully saturated rings. The van der Waals surface area contributed by atoms with Gasteiger partial charge in [-0.1, -0.05) is 41.4 Å². The van der Waals surface area contributed by atoms with Crippen LogP contribution in [0.15, 0.2) is 52.9 Å². The number of carbonyl (C=O) groups is 1. The molecule has 0 N–H and O–H groups in total. The van der Waals surface area contributed by atoms with Gasteiger partial charge in [0, 0.05) is 26.7 Å². The Labute approximate surface area is 180 Å². The number of carbonyl (C=O) groups excluding carboxylic acids is 1. The Bertz CT molecular complexity index is 1200. The zero-order valence-corrected chi connectivity index (χ0v) is 17.5. The summed E-state index contributed by atoms with van der Waals surface area (Å²) in [5.74, 6) is 0.706. The third-order valence-corrected chi connectivity index (χ3v) is 6.76. The van der Waals surface area contributed by atoms with E-state index in [0.29, 0.717) is 26.7 Å². The van der Waals surface area contributed by atoms with Crippen LogP contribution in [0.4, 0.5) is 0 Å². The molecule has 1 aliphatic carbocycles. The van der Waals surface area contributed by atoms with Crippen molar-refractivity contribution >= 4 is 50.5 Å². The molecule has 0 spiro atoms. The van der Waals surface area contributed by atoms with Gasteiger partial charge in [-0.05, 0) is 43.2 Å². The number of benzene rings is 2. The average molecular weight is 444 g/mol. The summed E-state index contributed by atoms with van der Waals surface area (Å²) in [6, 6.07) is 15.1. The van der Waals surface area contributed by atoms with E-state index in [1.807, 2.05) is 36.4 Å². The van der Waals surface area contributed by atoms with Crippen LogP contribution in [-0.4, -0.2) is 27.0 Å². The molecule has 8 heteroatoms. The van der Waals surface area contributed by atoms with E-state index in [9.17, 15) is 4.79 Å². The van der Waals surface area contributed by atoms with Crippen LogP contribution in [0.25, 0.3) is 21.5 Å². The molecule has 2 aromatic carbocycles. The third-order valence-electron chi connectivity index (χ3n) is 4.84. The minimum Gasteiger partial charge on any atom is -0.419 e. The lowest BCUT2D eigenvalue weighted by Gasteiger charge is -2.19. The number of hydrogen-bond acceptors (Lipinski definition) is 5. The lowest BCUT2D eigenvalue weighted by molar-refractivity contribution is 0.0719. The van der Waals surface area contributed by atoms with Crippen molar-refractivity contribution in [3.8, 4) is 11.5 Å². The van der Waals surface area contributed by atoms with Crippen molar-refractivity contribution in [3.05, 3.63) is 69.3 Å². The van der Waals surface area contributed by atoms with Gasteiger partial charge in [-0.2, -0.15) is 0 Å². The molecule has 0 bridgehead atoms. The number of thiophene rings is 1. The van der Waals surface area contributed by atoms with Crippen molar-refractivity contribution in [1.82, 2.24) is 15.1 Å². The molecule has 0 saturated heterocycles. The zero-order valence-electron chi connectivity index (χ0n) is 15.1. The highest BCUT2D eigenvalue weighted by atomic mass is 35.5. The van der Waals surface area contributed by atoms with E-state index in [4.69, 9.17) is 27.6 Å². The Balaban J connectivity index is 1.42. The van der Waals surface area contributed by atoms with Crippen LogP contribution < -0.4 is 0 Å². The molecule has 0 radical (unpaired) electrons. The fourth-order valence-corrected chi connectivity index (χ4v) is 4.80. The molecule has 0 aliphatic heterocycles. The standard InChI is InChI=1S/C21H15Cl2N3O2S/c22-13-7-5-12(6-8-13)20-25-24-17(28-20)11-26(14-9-10-14)21(27)19-18(23)15-3-1-2-4-16(15)29-19/h1-8,14H,9-11H2. The van der Waals surface area contributed by atoms with Crippen molar-refractivity contribution in [3.63, 3.8) is 0 Å². The normalized spacial score (nSPS) is 13.7. The molecule has 1 saturated carbocycles. The second-order valence-electron chi connectivity index (χ2n) is 6.91. The first-order valence-corrected chi connectivity index (χ1v) is 10.7. The van der Waals surface area contributed by atoms with Crippen LogP contribution in [0.5, 0.6) is 0 Å². The molecule has 1 amide bonds. The van der Waals surface area contributed by atoms with Crippen LogP contribution in [0, 0.1) is 0 Å². The molecule has 2 heterocycles. The SMILES string of the molecule is O=C(c1sc2ccccc2c1Cl)N(Cc1nnc(-c2ccc(Cl)cc2)o1)C1CC1. The minimum atomic E-state index is -0.0926. The Morgan fingerprint density at radius 2 is 1.86 bits per heavy atom. The molecule has 1 aliphatic rings. The Hall–Kier alpha value is -2.41. The molecular formula is C21H15Cl2N3O2S. The first-order valence-electron chi connectivity index (χ1n) is 9.16. The maximum absolute atomic E-state index is 13.3. The van der Waals surface area contributed by atoms with Crippen LogP contribution in [0.1, 0.15) is 28.4 Å². The van der Waals surface area contributed by atoms with E-state index < -0.39 is 0 Å². The topological polar surface area (TPSA) is 59.2 Å². The predicted molar refractivity (Wildman–Crippen MR) is 114 cm³/mol. The van der Waals surface area contributed by atoms with E-state index in [2.05, 4.69) is 10.2 Å². The van der Waals surface area contributed by atoms with E-state index >= 15 is 0 Å². The molecular weight excluding hydrogens is 429 g/mol. The summed E-state index contributed by atoms with van der Waals surface area (Å²) < 4.78 is 6.80. The highest BCUT2D eigenvalue weighted by molar-refractivity contribution is 7.21. The van der Waals surface area contributed by atoms with Gasteiger partial charge in [0.2, 0.25) is 11.8 Å². The number of fused-ring (bicyclic) bond motifs is 1. The molecule has 5 nitrogen and oxygen atoms in total. The number of rotatable bonds is 5. The van der Waals surface area contributed by atoms with Gasteiger partial charge in [0.1, 0.15) is 4.88 Å². The molecule has 146 valence electrons. The number of aromatic nitrogens is 2. The van der Waals surface area contributed by atoms with Gasteiger partial charge in [0.15, 0.2) is 0 Å². The maximum Gasteiger partial charge on any atom is 0.266 e. The summed E-state index contributed by atoms with van der Waals surface area (Å²) >= 11 is 13.9. The first kappa shape index (κ1) is 18.6. The highest BCUT2D eigenvalue weighted by Crippen LogP contribution is 2.38. The summed E-state index contributed by atoms with van der Waals surface area (Å²) in [4.78, 5) is 15.6. The van der Waals surface area contributed by atoms with Crippen LogP contribution in [0.3, 0.4) is 0 Å². The van der Waals surface area contributed by atoms with Gasteiger partial charge in [-0.15, -0.1) is 21.5 Å². The smallest absolute Gasteiger partial charge is 0.266 e. The molecule has 2 aromatic heterocycles. The van der Waals surface area contributed by atoms with Crippen LogP contribution >= 0.6 is 34.5 Å². The molecule has 4 aromatic rings. The summed E-state index contributed by atoms with van der Waals surface area (Å²) in [5, 5.41) is 10.3. The van der Waals surface area contributed by atoms with Crippen LogP contribution in [0.2, 0.25) is 10.0 Å².